The molecule has 0 fully saturated rings. The molecule has 0 aliphatic carbocycles. The first-order valence-electron chi connectivity index (χ1n) is 12.5. The Morgan fingerprint density at radius 2 is 1.52 bits per heavy atom. The number of thioether (sulfide) groups is 1. The van der Waals surface area contributed by atoms with Gasteiger partial charge < -0.3 is 16.0 Å². The second-order valence-corrected chi connectivity index (χ2v) is 11.5. The molecule has 0 aliphatic rings. The van der Waals surface area contributed by atoms with Crippen molar-refractivity contribution >= 4 is 81.7 Å². The Balaban J connectivity index is 1.52. The van der Waals surface area contributed by atoms with E-state index in [9.17, 15) is 18.8 Å². The lowest BCUT2D eigenvalue weighted by molar-refractivity contribution is -0.115. The number of benzene rings is 4. The van der Waals surface area contributed by atoms with E-state index in [0.717, 1.165) is 0 Å². The molecule has 1 unspecified atom stereocenters. The molecular weight excluding hydrogens is 620 g/mol. The lowest BCUT2D eigenvalue weighted by Gasteiger charge is -2.15. The van der Waals surface area contributed by atoms with Crippen molar-refractivity contribution in [2.45, 2.75) is 17.1 Å². The Hall–Kier alpha value is -3.82. The number of anilines is 2. The highest BCUT2D eigenvalue weighted by Gasteiger charge is 2.19. The quantitative estimate of drug-likeness (QED) is 0.127. The number of carbonyl (C=O) groups excluding carboxylic acids is 3. The summed E-state index contributed by atoms with van der Waals surface area (Å²) in [5.41, 5.74) is 0.812. The first-order valence-corrected chi connectivity index (χ1v) is 14.5. The Kier molecular flexibility index (Phi) is 10.7. The van der Waals surface area contributed by atoms with Gasteiger partial charge in [0, 0.05) is 21.7 Å². The van der Waals surface area contributed by atoms with Gasteiger partial charge in [0.05, 0.1) is 26.0 Å². The highest BCUT2D eigenvalue weighted by molar-refractivity contribution is 8.00. The van der Waals surface area contributed by atoms with Gasteiger partial charge in [-0.2, -0.15) is 0 Å². The number of hydrogen-bond donors (Lipinski definition) is 3. The lowest BCUT2D eigenvalue weighted by Crippen LogP contribution is -2.30. The molecule has 3 amide bonds. The summed E-state index contributed by atoms with van der Waals surface area (Å²) in [6, 6.07) is 24.1. The Labute approximate surface area is 261 Å². The van der Waals surface area contributed by atoms with Crippen molar-refractivity contribution in [2.75, 3.05) is 10.6 Å². The van der Waals surface area contributed by atoms with Gasteiger partial charge in [-0.15, -0.1) is 11.8 Å². The van der Waals surface area contributed by atoms with Gasteiger partial charge in [0.2, 0.25) is 5.91 Å². The molecule has 0 heterocycles. The molecule has 6 nitrogen and oxygen atoms in total. The molecule has 0 spiro atoms. The molecule has 0 aliphatic heterocycles. The van der Waals surface area contributed by atoms with E-state index in [1.165, 1.54) is 36.0 Å². The van der Waals surface area contributed by atoms with Gasteiger partial charge in [-0.05, 0) is 67.6 Å². The van der Waals surface area contributed by atoms with Crippen molar-refractivity contribution in [2.24, 2.45) is 0 Å². The fourth-order valence-electron chi connectivity index (χ4n) is 3.67. The number of rotatable bonds is 9. The van der Waals surface area contributed by atoms with Crippen molar-refractivity contribution in [1.82, 2.24) is 5.32 Å². The van der Waals surface area contributed by atoms with Crippen molar-refractivity contribution < 1.29 is 18.8 Å². The number of hydrogen-bond acceptors (Lipinski definition) is 4. The molecule has 4 aromatic rings. The molecule has 4 rings (SSSR count). The molecule has 0 radical (unpaired) electrons. The minimum atomic E-state index is -0.706. The van der Waals surface area contributed by atoms with Crippen LogP contribution in [0.4, 0.5) is 15.8 Å². The first-order chi connectivity index (χ1) is 20.1. The van der Waals surface area contributed by atoms with Crippen molar-refractivity contribution in [3.8, 4) is 0 Å². The van der Waals surface area contributed by atoms with E-state index in [1.807, 2.05) is 0 Å². The normalized spacial score (nSPS) is 11.9. The minimum Gasteiger partial charge on any atom is -0.324 e. The van der Waals surface area contributed by atoms with Crippen LogP contribution >= 0.6 is 46.6 Å². The molecule has 0 aromatic heterocycles. The van der Waals surface area contributed by atoms with Gasteiger partial charge in [-0.25, -0.2) is 4.39 Å². The fourth-order valence-corrected chi connectivity index (χ4v) is 5.16. The van der Waals surface area contributed by atoms with Crippen LogP contribution in [0.2, 0.25) is 15.1 Å². The van der Waals surface area contributed by atoms with E-state index in [4.69, 9.17) is 34.8 Å². The third kappa shape index (κ3) is 8.14. The second-order valence-electron chi connectivity index (χ2n) is 8.85. The summed E-state index contributed by atoms with van der Waals surface area (Å²) in [5.74, 6) is -2.23. The van der Waals surface area contributed by atoms with E-state index in [1.54, 1.807) is 79.7 Å². The van der Waals surface area contributed by atoms with Crippen molar-refractivity contribution in [1.29, 1.82) is 0 Å². The largest absolute Gasteiger partial charge is 0.324 e. The molecular formula is C31H23Cl3FN3O3S. The summed E-state index contributed by atoms with van der Waals surface area (Å²) in [7, 11) is 0. The van der Waals surface area contributed by atoms with Gasteiger partial charge in [0.15, 0.2) is 0 Å². The van der Waals surface area contributed by atoms with Gasteiger partial charge in [0.1, 0.15) is 11.5 Å². The number of carbonyl (C=O) groups is 3. The monoisotopic (exact) mass is 641 g/mol. The van der Waals surface area contributed by atoms with Crippen LogP contribution in [0.15, 0.2) is 102 Å². The summed E-state index contributed by atoms with van der Waals surface area (Å²) >= 11 is 19.6. The van der Waals surface area contributed by atoms with Crippen LogP contribution in [0.5, 0.6) is 0 Å². The zero-order valence-electron chi connectivity index (χ0n) is 22.0. The van der Waals surface area contributed by atoms with Crippen LogP contribution in [0.1, 0.15) is 22.8 Å². The third-order valence-electron chi connectivity index (χ3n) is 5.80. The molecule has 3 N–H and O–H groups in total. The summed E-state index contributed by atoms with van der Waals surface area (Å²) in [6.07, 6.45) is 1.18. The maximum Gasteiger partial charge on any atom is 0.272 e. The SMILES string of the molecule is CC(Sc1cccc(NC(=O)/C(=C\c2c(F)cccc2Cl)NC(=O)c2ccccc2)c1)C(=O)Nc1cccc(Cl)c1Cl. The van der Waals surface area contributed by atoms with Crippen LogP contribution in [0.25, 0.3) is 6.08 Å². The maximum atomic E-state index is 14.6. The predicted octanol–water partition coefficient (Wildman–Crippen LogP) is 8.31. The second kappa shape index (κ2) is 14.4. The zero-order chi connectivity index (χ0) is 30.2. The van der Waals surface area contributed by atoms with E-state index in [2.05, 4.69) is 16.0 Å². The van der Waals surface area contributed by atoms with Crippen LogP contribution < -0.4 is 16.0 Å². The van der Waals surface area contributed by atoms with Gasteiger partial charge in [-0.3, -0.25) is 14.4 Å². The molecule has 11 heteroatoms. The van der Waals surface area contributed by atoms with Gasteiger partial charge in [0.25, 0.3) is 11.8 Å². The molecule has 4 aromatic carbocycles. The van der Waals surface area contributed by atoms with E-state index in [0.29, 0.717) is 26.9 Å². The number of halogens is 4. The molecule has 214 valence electrons. The molecule has 0 bridgehead atoms. The molecule has 42 heavy (non-hydrogen) atoms. The summed E-state index contributed by atoms with van der Waals surface area (Å²) in [5, 5.41) is 8.14. The first kappa shape index (κ1) is 31.1. The maximum absolute atomic E-state index is 14.6. The third-order valence-corrected chi connectivity index (χ3v) is 8.04. The number of nitrogens with one attached hydrogen (secondary N) is 3. The van der Waals surface area contributed by atoms with E-state index < -0.39 is 22.9 Å². The Morgan fingerprint density at radius 1 is 0.833 bits per heavy atom. The highest BCUT2D eigenvalue weighted by Crippen LogP contribution is 2.31. The van der Waals surface area contributed by atoms with Crippen LogP contribution in [0.3, 0.4) is 0 Å². The Morgan fingerprint density at radius 3 is 2.26 bits per heavy atom. The molecule has 0 saturated carbocycles. The topological polar surface area (TPSA) is 87.3 Å². The number of amides is 3. The van der Waals surface area contributed by atoms with Crippen LogP contribution in [-0.2, 0) is 9.59 Å². The van der Waals surface area contributed by atoms with Crippen LogP contribution in [-0.4, -0.2) is 23.0 Å². The average molecular weight is 643 g/mol. The fraction of sp³-hybridized carbons (Fsp3) is 0.0645. The molecule has 0 saturated heterocycles. The highest BCUT2D eigenvalue weighted by atomic mass is 35.5. The molecule has 1 atom stereocenters. The zero-order valence-corrected chi connectivity index (χ0v) is 25.0. The summed E-state index contributed by atoms with van der Waals surface area (Å²) in [6.45, 7) is 1.72. The van der Waals surface area contributed by atoms with Crippen molar-refractivity contribution in [3.05, 3.63) is 129 Å². The van der Waals surface area contributed by atoms with Gasteiger partial charge >= 0.3 is 0 Å². The average Bonchev–Trinajstić information content (AvgIpc) is 2.97. The Bertz CT molecular complexity index is 1650. The summed E-state index contributed by atoms with van der Waals surface area (Å²) in [4.78, 5) is 39.7. The standard InChI is InChI=1S/C31H23Cl3FN3O3S/c1-18(29(39)37-26-15-7-13-24(33)28(26)34)42-21-11-5-10-20(16-21)36-31(41)27(17-22-23(32)12-6-14-25(22)35)38-30(40)19-8-3-2-4-9-19/h2-18H,1H3,(H,36,41)(H,37,39)(H,38,40)/b27-17+. The van der Waals surface area contributed by atoms with Crippen molar-refractivity contribution in [3.63, 3.8) is 0 Å². The predicted molar refractivity (Wildman–Crippen MR) is 169 cm³/mol. The van der Waals surface area contributed by atoms with Gasteiger partial charge in [-0.1, -0.05) is 71.2 Å². The van der Waals surface area contributed by atoms with E-state index >= 15 is 0 Å². The summed E-state index contributed by atoms with van der Waals surface area (Å²) < 4.78 is 14.6. The minimum absolute atomic E-state index is 0.0540. The van der Waals surface area contributed by atoms with E-state index in [-0.39, 0.29) is 27.2 Å². The lowest BCUT2D eigenvalue weighted by atomic mass is 10.1. The smallest absolute Gasteiger partial charge is 0.272 e. The van der Waals surface area contributed by atoms with Crippen LogP contribution in [0, 0.1) is 5.82 Å².